The van der Waals surface area contributed by atoms with Crippen LogP contribution in [0.1, 0.15) is 57.8 Å². The van der Waals surface area contributed by atoms with E-state index in [1.54, 1.807) is 6.33 Å². The van der Waals surface area contributed by atoms with Gasteiger partial charge in [-0.2, -0.15) is 5.10 Å². The molecule has 0 saturated carbocycles. The van der Waals surface area contributed by atoms with Gasteiger partial charge in [-0.15, -0.1) is 0 Å². The van der Waals surface area contributed by atoms with Crippen LogP contribution in [0.25, 0.3) is 0 Å². The molecule has 126 valence electrons. The summed E-state index contributed by atoms with van der Waals surface area (Å²) in [5, 5.41) is 4.21. The van der Waals surface area contributed by atoms with Gasteiger partial charge in [0.15, 0.2) is 0 Å². The summed E-state index contributed by atoms with van der Waals surface area (Å²) in [6, 6.07) is 0. The molecule has 1 aliphatic rings. The van der Waals surface area contributed by atoms with E-state index in [1.165, 1.54) is 77.4 Å². The first kappa shape index (κ1) is 17.4. The summed E-state index contributed by atoms with van der Waals surface area (Å²) in [6.07, 6.45) is 15.5. The number of nitrogens with zero attached hydrogens (tertiary/aromatic N) is 4. The van der Waals surface area contributed by atoms with Crippen molar-refractivity contribution >= 4 is 0 Å². The number of aromatic nitrogens is 3. The molecule has 1 saturated heterocycles. The number of rotatable bonds is 11. The highest BCUT2D eigenvalue weighted by Crippen LogP contribution is 2.19. The van der Waals surface area contributed by atoms with Crippen molar-refractivity contribution in [2.45, 2.75) is 64.3 Å². The SMILES string of the molecule is NCCCCCCCCCN1CCC(Cn2cncn2)CC1. The van der Waals surface area contributed by atoms with Crippen molar-refractivity contribution in [3.8, 4) is 0 Å². The van der Waals surface area contributed by atoms with Crippen molar-refractivity contribution in [3.63, 3.8) is 0 Å². The van der Waals surface area contributed by atoms with Gasteiger partial charge in [-0.3, -0.25) is 4.68 Å². The Hall–Kier alpha value is -0.940. The fourth-order valence-corrected chi connectivity index (χ4v) is 3.35. The van der Waals surface area contributed by atoms with E-state index in [4.69, 9.17) is 5.73 Å². The lowest BCUT2D eigenvalue weighted by atomic mass is 9.96. The molecule has 1 fully saturated rings. The fraction of sp³-hybridized carbons (Fsp3) is 0.882. The summed E-state index contributed by atoms with van der Waals surface area (Å²) in [5.74, 6) is 0.778. The van der Waals surface area contributed by atoms with E-state index in [9.17, 15) is 0 Å². The minimum absolute atomic E-state index is 0.778. The molecular weight excluding hydrogens is 274 g/mol. The van der Waals surface area contributed by atoms with Crippen LogP contribution in [0, 0.1) is 5.92 Å². The molecule has 2 N–H and O–H groups in total. The van der Waals surface area contributed by atoms with Crippen LogP contribution in [0.3, 0.4) is 0 Å². The van der Waals surface area contributed by atoms with Gasteiger partial charge in [0.2, 0.25) is 0 Å². The summed E-state index contributed by atoms with van der Waals surface area (Å²) in [5.41, 5.74) is 5.51. The molecule has 5 heteroatoms. The molecule has 22 heavy (non-hydrogen) atoms. The molecule has 1 aromatic heterocycles. The van der Waals surface area contributed by atoms with Gasteiger partial charge in [-0.1, -0.05) is 32.1 Å². The van der Waals surface area contributed by atoms with Crippen molar-refractivity contribution in [1.82, 2.24) is 19.7 Å². The second-order valence-corrected chi connectivity index (χ2v) is 6.67. The third-order valence-electron chi connectivity index (χ3n) is 4.80. The van der Waals surface area contributed by atoms with Crippen molar-refractivity contribution < 1.29 is 0 Å². The number of likely N-dealkylation sites (tertiary alicyclic amines) is 1. The standard InChI is InChI=1S/C17H33N5/c18-10-6-4-2-1-3-5-7-11-21-12-8-17(9-13-21)14-22-16-19-15-20-22/h15-17H,1-14,18H2. The average Bonchev–Trinajstić information content (AvgIpc) is 3.04. The summed E-state index contributed by atoms with van der Waals surface area (Å²) < 4.78 is 1.98. The first-order chi connectivity index (χ1) is 10.9. The van der Waals surface area contributed by atoms with Crippen LogP contribution >= 0.6 is 0 Å². The van der Waals surface area contributed by atoms with Crippen LogP contribution in [0.5, 0.6) is 0 Å². The smallest absolute Gasteiger partial charge is 0.137 e. The molecule has 0 bridgehead atoms. The van der Waals surface area contributed by atoms with Crippen LogP contribution in [0.15, 0.2) is 12.7 Å². The molecule has 0 radical (unpaired) electrons. The van der Waals surface area contributed by atoms with E-state index in [0.717, 1.165) is 19.0 Å². The van der Waals surface area contributed by atoms with Gasteiger partial charge in [0.05, 0.1) is 0 Å². The summed E-state index contributed by atoms with van der Waals surface area (Å²) in [4.78, 5) is 6.66. The maximum absolute atomic E-state index is 5.51. The van der Waals surface area contributed by atoms with Gasteiger partial charge in [0, 0.05) is 6.54 Å². The predicted molar refractivity (Wildman–Crippen MR) is 90.6 cm³/mol. The molecule has 5 nitrogen and oxygen atoms in total. The third-order valence-corrected chi connectivity index (χ3v) is 4.80. The Morgan fingerprint density at radius 1 is 0.955 bits per heavy atom. The van der Waals surface area contributed by atoms with Crippen LogP contribution in [-0.2, 0) is 6.54 Å². The summed E-state index contributed by atoms with van der Waals surface area (Å²) in [6.45, 7) is 5.70. The maximum atomic E-state index is 5.51. The highest BCUT2D eigenvalue weighted by molar-refractivity contribution is 4.73. The molecule has 0 aliphatic carbocycles. The Bertz CT molecular complexity index is 357. The van der Waals surface area contributed by atoms with Gasteiger partial charge in [-0.05, 0) is 57.8 Å². The van der Waals surface area contributed by atoms with E-state index in [2.05, 4.69) is 15.0 Å². The van der Waals surface area contributed by atoms with E-state index in [1.807, 2.05) is 11.0 Å². The Morgan fingerprint density at radius 2 is 1.64 bits per heavy atom. The molecule has 2 heterocycles. The number of hydrogen-bond donors (Lipinski definition) is 1. The average molecular weight is 307 g/mol. The zero-order chi connectivity index (χ0) is 15.5. The van der Waals surface area contributed by atoms with E-state index in [-0.39, 0.29) is 0 Å². The quantitative estimate of drug-likeness (QED) is 0.639. The molecular formula is C17H33N5. The minimum atomic E-state index is 0.778. The highest BCUT2D eigenvalue weighted by atomic mass is 15.3. The summed E-state index contributed by atoms with van der Waals surface area (Å²) in [7, 11) is 0. The van der Waals surface area contributed by atoms with E-state index >= 15 is 0 Å². The second-order valence-electron chi connectivity index (χ2n) is 6.67. The van der Waals surface area contributed by atoms with Crippen molar-refractivity contribution in [1.29, 1.82) is 0 Å². The molecule has 0 amide bonds. The van der Waals surface area contributed by atoms with Crippen molar-refractivity contribution in [3.05, 3.63) is 12.7 Å². The molecule has 2 rings (SSSR count). The Balaban J connectivity index is 1.44. The molecule has 0 atom stereocenters. The lowest BCUT2D eigenvalue weighted by Gasteiger charge is -2.31. The lowest BCUT2D eigenvalue weighted by Crippen LogP contribution is -2.35. The van der Waals surface area contributed by atoms with Crippen LogP contribution in [0.2, 0.25) is 0 Å². The fourth-order valence-electron chi connectivity index (χ4n) is 3.35. The molecule has 0 aromatic carbocycles. The predicted octanol–water partition coefficient (Wildman–Crippen LogP) is 2.68. The van der Waals surface area contributed by atoms with Gasteiger partial charge >= 0.3 is 0 Å². The lowest BCUT2D eigenvalue weighted by molar-refractivity contribution is 0.168. The monoisotopic (exact) mass is 307 g/mol. The summed E-state index contributed by atoms with van der Waals surface area (Å²) >= 11 is 0. The van der Waals surface area contributed by atoms with Crippen molar-refractivity contribution in [2.75, 3.05) is 26.2 Å². The largest absolute Gasteiger partial charge is 0.330 e. The third kappa shape index (κ3) is 6.88. The Kier molecular flexibility index (Phi) is 8.49. The zero-order valence-electron chi connectivity index (χ0n) is 14.0. The first-order valence-corrected chi connectivity index (χ1v) is 9.13. The van der Waals surface area contributed by atoms with Crippen LogP contribution in [0.4, 0.5) is 0 Å². The Morgan fingerprint density at radius 3 is 2.27 bits per heavy atom. The second kappa shape index (κ2) is 10.7. The number of hydrogen-bond acceptors (Lipinski definition) is 4. The molecule has 1 aliphatic heterocycles. The molecule has 0 unspecified atom stereocenters. The van der Waals surface area contributed by atoms with Crippen LogP contribution < -0.4 is 5.73 Å². The molecule has 1 aromatic rings. The minimum Gasteiger partial charge on any atom is -0.330 e. The van der Waals surface area contributed by atoms with Crippen LogP contribution in [-0.4, -0.2) is 45.8 Å². The first-order valence-electron chi connectivity index (χ1n) is 9.13. The topological polar surface area (TPSA) is 60.0 Å². The van der Waals surface area contributed by atoms with E-state index in [0.29, 0.717) is 0 Å². The van der Waals surface area contributed by atoms with Crippen molar-refractivity contribution in [2.24, 2.45) is 11.7 Å². The Labute approximate surface area is 135 Å². The number of piperidine rings is 1. The molecule has 0 spiro atoms. The van der Waals surface area contributed by atoms with E-state index < -0.39 is 0 Å². The van der Waals surface area contributed by atoms with Gasteiger partial charge < -0.3 is 10.6 Å². The number of unbranched alkanes of at least 4 members (excludes halogenated alkanes) is 6. The van der Waals surface area contributed by atoms with Gasteiger partial charge in [0.1, 0.15) is 12.7 Å². The maximum Gasteiger partial charge on any atom is 0.137 e. The van der Waals surface area contributed by atoms with Gasteiger partial charge in [0.25, 0.3) is 0 Å². The zero-order valence-corrected chi connectivity index (χ0v) is 14.0. The number of nitrogens with two attached hydrogens (primary N) is 1. The van der Waals surface area contributed by atoms with Gasteiger partial charge in [-0.25, -0.2) is 4.98 Å². The highest BCUT2D eigenvalue weighted by Gasteiger charge is 2.19. The normalized spacial score (nSPS) is 17.1.